The predicted molar refractivity (Wildman–Crippen MR) is 64.5 cm³/mol. The van der Waals surface area contributed by atoms with Gasteiger partial charge in [0.1, 0.15) is 11.6 Å². The molecule has 4 nitrogen and oxygen atoms in total. The molecule has 0 radical (unpaired) electrons. The lowest BCUT2D eigenvalue weighted by molar-refractivity contribution is 0.416. The number of benzene rings is 1. The van der Waals surface area contributed by atoms with Gasteiger partial charge in [-0.1, -0.05) is 0 Å². The Bertz CT molecular complexity index is 517. The highest BCUT2D eigenvalue weighted by molar-refractivity contribution is 5.78. The monoisotopic (exact) mass is 217 g/mol. The van der Waals surface area contributed by atoms with Crippen LogP contribution < -0.4 is 10.5 Å². The maximum absolute atomic E-state index is 5.81. The summed E-state index contributed by atoms with van der Waals surface area (Å²) in [5.74, 6) is 1.37. The minimum atomic E-state index is 0.557. The Morgan fingerprint density at radius 1 is 1.19 bits per heavy atom. The first-order chi connectivity index (χ1) is 7.63. The Kier molecular flexibility index (Phi) is 2.56. The molecule has 0 amide bonds. The highest BCUT2D eigenvalue weighted by Crippen LogP contribution is 2.34. The van der Waals surface area contributed by atoms with Gasteiger partial charge < -0.3 is 10.5 Å². The molecule has 0 bridgehead atoms. The van der Waals surface area contributed by atoms with Crippen molar-refractivity contribution in [3.05, 3.63) is 29.5 Å². The predicted octanol–water partition coefficient (Wildman–Crippen LogP) is 2.28. The van der Waals surface area contributed by atoms with Crippen LogP contribution in [-0.2, 0) is 0 Å². The number of anilines is 1. The molecule has 2 rings (SSSR count). The Morgan fingerprint density at radius 2 is 1.88 bits per heavy atom. The third-order valence-corrected chi connectivity index (χ3v) is 2.77. The lowest BCUT2D eigenvalue weighted by Crippen LogP contribution is -1.93. The number of hydrogen-bond acceptors (Lipinski definition) is 3. The van der Waals surface area contributed by atoms with E-state index < -0.39 is 0 Å². The zero-order valence-corrected chi connectivity index (χ0v) is 9.66. The van der Waals surface area contributed by atoms with Gasteiger partial charge in [0, 0.05) is 11.1 Å². The van der Waals surface area contributed by atoms with Crippen LogP contribution in [0.2, 0.25) is 0 Å². The van der Waals surface area contributed by atoms with E-state index in [1.165, 1.54) is 11.1 Å². The number of hydrogen-bond donors (Lipinski definition) is 2. The number of aryl methyl sites for hydroxylation is 2. The number of rotatable bonds is 2. The molecule has 0 atom stereocenters. The van der Waals surface area contributed by atoms with Gasteiger partial charge in [0.25, 0.3) is 0 Å². The lowest BCUT2D eigenvalue weighted by atomic mass is 10.0. The van der Waals surface area contributed by atoms with E-state index in [4.69, 9.17) is 10.5 Å². The summed E-state index contributed by atoms with van der Waals surface area (Å²) in [6.07, 6.45) is 1.71. The fourth-order valence-electron chi connectivity index (χ4n) is 1.68. The Hall–Kier alpha value is -1.97. The zero-order valence-electron chi connectivity index (χ0n) is 9.66. The standard InChI is InChI=1S/C12H15N3O/c1-7-4-9(10-6-14-15-12(10)13)11(16-3)5-8(7)2/h4-6H,1-3H3,(H3,13,14,15). The maximum Gasteiger partial charge on any atom is 0.127 e. The smallest absolute Gasteiger partial charge is 0.127 e. The molecule has 0 unspecified atom stereocenters. The van der Waals surface area contributed by atoms with Gasteiger partial charge in [0.05, 0.1) is 13.3 Å². The molecule has 1 aromatic carbocycles. The van der Waals surface area contributed by atoms with Crippen LogP contribution in [0.4, 0.5) is 5.82 Å². The van der Waals surface area contributed by atoms with E-state index in [1.54, 1.807) is 13.3 Å². The fraction of sp³-hybridized carbons (Fsp3) is 0.250. The number of aromatic amines is 1. The van der Waals surface area contributed by atoms with Gasteiger partial charge in [0.15, 0.2) is 0 Å². The van der Waals surface area contributed by atoms with Crippen molar-refractivity contribution >= 4 is 5.82 Å². The van der Waals surface area contributed by atoms with Crippen molar-refractivity contribution < 1.29 is 4.74 Å². The van der Waals surface area contributed by atoms with E-state index in [-0.39, 0.29) is 0 Å². The molecule has 0 fully saturated rings. The molecule has 4 heteroatoms. The minimum absolute atomic E-state index is 0.557. The first-order valence-corrected chi connectivity index (χ1v) is 5.08. The molecule has 1 aromatic heterocycles. The van der Waals surface area contributed by atoms with Gasteiger partial charge in [-0.05, 0) is 37.1 Å². The number of nitrogens with two attached hydrogens (primary N) is 1. The summed E-state index contributed by atoms with van der Waals surface area (Å²) in [6, 6.07) is 4.08. The molecule has 3 N–H and O–H groups in total. The second-order valence-electron chi connectivity index (χ2n) is 3.83. The van der Waals surface area contributed by atoms with E-state index >= 15 is 0 Å². The van der Waals surface area contributed by atoms with E-state index in [0.717, 1.165) is 16.9 Å². The number of nitrogen functional groups attached to an aromatic ring is 1. The van der Waals surface area contributed by atoms with Gasteiger partial charge in [-0.15, -0.1) is 0 Å². The number of ether oxygens (including phenoxy) is 1. The van der Waals surface area contributed by atoms with Crippen LogP contribution in [-0.4, -0.2) is 17.3 Å². The second-order valence-corrected chi connectivity index (χ2v) is 3.83. The molecule has 0 aliphatic carbocycles. The van der Waals surface area contributed by atoms with Crippen molar-refractivity contribution in [2.24, 2.45) is 0 Å². The molecule has 0 saturated carbocycles. The highest BCUT2D eigenvalue weighted by atomic mass is 16.5. The summed E-state index contributed by atoms with van der Waals surface area (Å²) < 4.78 is 5.36. The van der Waals surface area contributed by atoms with Crippen LogP contribution >= 0.6 is 0 Å². The first kappa shape index (κ1) is 10.5. The summed E-state index contributed by atoms with van der Waals surface area (Å²) in [5.41, 5.74) is 10.1. The number of nitrogens with one attached hydrogen (secondary N) is 1. The van der Waals surface area contributed by atoms with Gasteiger partial charge in [-0.25, -0.2) is 0 Å². The van der Waals surface area contributed by atoms with Gasteiger partial charge in [0.2, 0.25) is 0 Å². The average molecular weight is 217 g/mol. The quantitative estimate of drug-likeness (QED) is 0.811. The normalized spacial score (nSPS) is 10.4. The van der Waals surface area contributed by atoms with Crippen molar-refractivity contribution in [1.82, 2.24) is 10.2 Å². The lowest BCUT2D eigenvalue weighted by Gasteiger charge is -2.11. The van der Waals surface area contributed by atoms with Crippen molar-refractivity contribution in [2.45, 2.75) is 13.8 Å². The number of H-pyrrole nitrogens is 1. The largest absolute Gasteiger partial charge is 0.496 e. The number of nitrogens with zero attached hydrogens (tertiary/aromatic N) is 1. The number of methoxy groups -OCH3 is 1. The molecule has 0 saturated heterocycles. The molecular weight excluding hydrogens is 202 g/mol. The molecule has 84 valence electrons. The van der Waals surface area contributed by atoms with Crippen LogP contribution in [0, 0.1) is 13.8 Å². The van der Waals surface area contributed by atoms with E-state index in [2.05, 4.69) is 30.1 Å². The second kappa shape index (κ2) is 3.89. The van der Waals surface area contributed by atoms with Crippen LogP contribution in [0.5, 0.6) is 5.75 Å². The van der Waals surface area contributed by atoms with Gasteiger partial charge in [-0.2, -0.15) is 5.10 Å². The maximum atomic E-state index is 5.81. The first-order valence-electron chi connectivity index (χ1n) is 5.08. The van der Waals surface area contributed by atoms with E-state index in [0.29, 0.717) is 5.82 Å². The Labute approximate surface area is 94.4 Å². The summed E-state index contributed by atoms with van der Waals surface area (Å²) in [6.45, 7) is 4.12. The van der Waals surface area contributed by atoms with E-state index in [1.807, 2.05) is 6.07 Å². The van der Waals surface area contributed by atoms with Crippen molar-refractivity contribution in [1.29, 1.82) is 0 Å². The molecule has 1 heterocycles. The summed E-state index contributed by atoms with van der Waals surface area (Å²) >= 11 is 0. The summed E-state index contributed by atoms with van der Waals surface area (Å²) in [5, 5.41) is 6.64. The molecule has 0 spiro atoms. The third-order valence-electron chi connectivity index (χ3n) is 2.77. The van der Waals surface area contributed by atoms with Gasteiger partial charge >= 0.3 is 0 Å². The minimum Gasteiger partial charge on any atom is -0.496 e. The molecular formula is C12H15N3O. The Morgan fingerprint density at radius 3 is 2.44 bits per heavy atom. The topological polar surface area (TPSA) is 63.9 Å². The highest BCUT2D eigenvalue weighted by Gasteiger charge is 2.12. The SMILES string of the molecule is COc1cc(C)c(C)cc1-c1cn[nH]c1N. The zero-order chi connectivity index (χ0) is 11.7. The molecule has 2 aromatic rings. The summed E-state index contributed by atoms with van der Waals surface area (Å²) in [4.78, 5) is 0. The van der Waals surface area contributed by atoms with Gasteiger partial charge in [-0.3, -0.25) is 5.10 Å². The van der Waals surface area contributed by atoms with Crippen molar-refractivity contribution in [2.75, 3.05) is 12.8 Å². The van der Waals surface area contributed by atoms with Crippen LogP contribution in [0.25, 0.3) is 11.1 Å². The molecule has 0 aliphatic rings. The average Bonchev–Trinajstić information content (AvgIpc) is 2.68. The third kappa shape index (κ3) is 1.62. The summed E-state index contributed by atoms with van der Waals surface area (Å²) in [7, 11) is 1.66. The van der Waals surface area contributed by atoms with Crippen molar-refractivity contribution in [3.63, 3.8) is 0 Å². The van der Waals surface area contributed by atoms with E-state index in [9.17, 15) is 0 Å². The van der Waals surface area contributed by atoms with Crippen molar-refractivity contribution in [3.8, 4) is 16.9 Å². The Balaban J connectivity index is 2.64. The number of aromatic nitrogens is 2. The molecule has 0 aliphatic heterocycles. The molecule has 16 heavy (non-hydrogen) atoms. The van der Waals surface area contributed by atoms with Crippen LogP contribution in [0.15, 0.2) is 18.3 Å². The van der Waals surface area contributed by atoms with Crippen LogP contribution in [0.1, 0.15) is 11.1 Å². The fourth-order valence-corrected chi connectivity index (χ4v) is 1.68. The van der Waals surface area contributed by atoms with Crippen LogP contribution in [0.3, 0.4) is 0 Å².